The number of hydrogen-bond donors (Lipinski definition) is 2. The quantitative estimate of drug-likeness (QED) is 0.367. The predicted molar refractivity (Wildman–Crippen MR) is 66.6 cm³/mol. The Balaban J connectivity index is 2.01. The van der Waals surface area contributed by atoms with Crippen LogP contribution in [0, 0.1) is 5.92 Å². The highest BCUT2D eigenvalue weighted by molar-refractivity contribution is 5.95. The molecule has 6 nitrogen and oxygen atoms in total. The first-order chi connectivity index (χ1) is 8.69. The van der Waals surface area contributed by atoms with Crippen LogP contribution in [0.25, 0.3) is 0 Å². The minimum absolute atomic E-state index is 0.0421. The number of aromatic nitrogens is 2. The molecule has 0 atom stereocenters. The van der Waals surface area contributed by atoms with Gasteiger partial charge in [-0.05, 0) is 37.7 Å². The second kappa shape index (κ2) is 5.66. The summed E-state index contributed by atoms with van der Waals surface area (Å²) in [5.41, 5.74) is 5.84. The number of oxime groups is 1. The molecule has 2 rings (SSSR count). The molecule has 0 saturated heterocycles. The van der Waals surface area contributed by atoms with Gasteiger partial charge in [0.15, 0.2) is 5.84 Å². The van der Waals surface area contributed by atoms with Gasteiger partial charge in [-0.3, -0.25) is 0 Å². The number of amidine groups is 1. The monoisotopic (exact) mass is 250 g/mol. The van der Waals surface area contributed by atoms with E-state index in [4.69, 9.17) is 15.7 Å². The Morgan fingerprint density at radius 3 is 2.83 bits per heavy atom. The summed E-state index contributed by atoms with van der Waals surface area (Å²) in [5, 5.41) is 11.5. The Morgan fingerprint density at radius 2 is 2.17 bits per heavy atom. The summed E-state index contributed by atoms with van der Waals surface area (Å²) in [5.74, 6) is 0.730. The Kier molecular flexibility index (Phi) is 3.96. The van der Waals surface area contributed by atoms with Crippen molar-refractivity contribution in [3.05, 3.63) is 18.0 Å². The van der Waals surface area contributed by atoms with E-state index in [-0.39, 0.29) is 11.9 Å². The molecule has 1 aromatic heterocycles. The van der Waals surface area contributed by atoms with Gasteiger partial charge in [0.2, 0.25) is 0 Å². The third-order valence-corrected chi connectivity index (χ3v) is 3.24. The van der Waals surface area contributed by atoms with Gasteiger partial charge in [-0.25, -0.2) is 4.98 Å². The fourth-order valence-corrected chi connectivity index (χ4v) is 2.09. The summed E-state index contributed by atoms with van der Waals surface area (Å²) in [6.07, 6.45) is 6.11. The number of nitrogens with zero attached hydrogens (tertiary/aromatic N) is 3. The largest absolute Gasteiger partial charge is 0.460 e. The summed E-state index contributed by atoms with van der Waals surface area (Å²) in [4.78, 5) is 8.15. The van der Waals surface area contributed by atoms with Crippen LogP contribution in [0.2, 0.25) is 0 Å². The third-order valence-electron chi connectivity index (χ3n) is 3.24. The molecule has 3 N–H and O–H groups in total. The van der Waals surface area contributed by atoms with E-state index >= 15 is 0 Å². The number of rotatable bonds is 3. The molecular weight excluding hydrogens is 232 g/mol. The van der Waals surface area contributed by atoms with Crippen LogP contribution in [0.15, 0.2) is 17.4 Å². The molecule has 0 amide bonds. The summed E-state index contributed by atoms with van der Waals surface area (Å²) in [7, 11) is 0. The lowest BCUT2D eigenvalue weighted by molar-refractivity contribution is 0.124. The molecule has 1 saturated carbocycles. The fraction of sp³-hybridized carbons (Fsp3) is 0.583. The van der Waals surface area contributed by atoms with E-state index in [1.54, 1.807) is 12.3 Å². The van der Waals surface area contributed by atoms with Crippen molar-refractivity contribution in [1.82, 2.24) is 9.97 Å². The summed E-state index contributed by atoms with van der Waals surface area (Å²) in [6.45, 7) is 2.26. The van der Waals surface area contributed by atoms with Crippen molar-refractivity contribution in [3.8, 4) is 6.01 Å². The molecule has 0 unspecified atom stereocenters. The first-order valence-electron chi connectivity index (χ1n) is 6.16. The Hall–Kier alpha value is -1.85. The van der Waals surface area contributed by atoms with Crippen molar-refractivity contribution in [2.45, 2.75) is 38.7 Å². The van der Waals surface area contributed by atoms with Crippen LogP contribution >= 0.6 is 0 Å². The van der Waals surface area contributed by atoms with Crippen LogP contribution in [-0.2, 0) is 0 Å². The Labute approximate surface area is 106 Å². The van der Waals surface area contributed by atoms with E-state index in [0.29, 0.717) is 11.7 Å². The highest BCUT2D eigenvalue weighted by Gasteiger charge is 2.20. The number of hydrogen-bond acceptors (Lipinski definition) is 5. The van der Waals surface area contributed by atoms with Crippen molar-refractivity contribution in [2.24, 2.45) is 16.8 Å². The van der Waals surface area contributed by atoms with Crippen LogP contribution in [0.3, 0.4) is 0 Å². The van der Waals surface area contributed by atoms with Crippen LogP contribution in [-0.4, -0.2) is 27.1 Å². The van der Waals surface area contributed by atoms with Crippen molar-refractivity contribution in [3.63, 3.8) is 0 Å². The van der Waals surface area contributed by atoms with Crippen molar-refractivity contribution in [1.29, 1.82) is 0 Å². The van der Waals surface area contributed by atoms with E-state index in [1.165, 1.54) is 12.8 Å². The second-order valence-electron chi connectivity index (χ2n) is 4.71. The minimum atomic E-state index is -0.0421. The molecular formula is C12H18N4O2. The maximum Gasteiger partial charge on any atom is 0.317 e. The SMILES string of the molecule is CC1CCC(Oc2nccc(/C(N)=N/O)n2)CC1. The lowest BCUT2D eigenvalue weighted by Crippen LogP contribution is -2.24. The predicted octanol–water partition coefficient (Wildman–Crippen LogP) is 1.53. The molecule has 1 aliphatic rings. The van der Waals surface area contributed by atoms with E-state index in [9.17, 15) is 0 Å². The maximum atomic E-state index is 8.59. The highest BCUT2D eigenvalue weighted by atomic mass is 16.5. The van der Waals surface area contributed by atoms with E-state index in [2.05, 4.69) is 22.0 Å². The molecule has 1 fully saturated rings. The molecule has 18 heavy (non-hydrogen) atoms. The Morgan fingerprint density at radius 1 is 1.44 bits per heavy atom. The molecule has 0 spiro atoms. The minimum Gasteiger partial charge on any atom is -0.460 e. The zero-order chi connectivity index (χ0) is 13.0. The zero-order valence-electron chi connectivity index (χ0n) is 10.4. The van der Waals surface area contributed by atoms with E-state index < -0.39 is 0 Å². The third kappa shape index (κ3) is 3.09. The van der Waals surface area contributed by atoms with Gasteiger partial charge in [-0.15, -0.1) is 0 Å². The molecule has 0 bridgehead atoms. The van der Waals surface area contributed by atoms with Crippen LogP contribution in [0.5, 0.6) is 6.01 Å². The zero-order valence-corrected chi connectivity index (χ0v) is 10.4. The number of nitrogens with two attached hydrogens (primary N) is 1. The summed E-state index contributed by atoms with van der Waals surface area (Å²) >= 11 is 0. The van der Waals surface area contributed by atoms with Gasteiger partial charge in [0.25, 0.3) is 0 Å². The van der Waals surface area contributed by atoms with Crippen molar-refractivity contribution in [2.75, 3.05) is 0 Å². The molecule has 1 aliphatic carbocycles. The van der Waals surface area contributed by atoms with Gasteiger partial charge < -0.3 is 15.7 Å². The van der Waals surface area contributed by atoms with Crippen molar-refractivity contribution < 1.29 is 9.94 Å². The first kappa shape index (κ1) is 12.6. The van der Waals surface area contributed by atoms with Gasteiger partial charge in [0.1, 0.15) is 11.8 Å². The van der Waals surface area contributed by atoms with E-state index in [0.717, 1.165) is 18.8 Å². The molecule has 0 aliphatic heterocycles. The van der Waals surface area contributed by atoms with Crippen LogP contribution < -0.4 is 10.5 Å². The summed E-state index contributed by atoms with van der Waals surface area (Å²) < 4.78 is 5.72. The van der Waals surface area contributed by atoms with Gasteiger partial charge in [0.05, 0.1) is 0 Å². The Bertz CT molecular complexity index is 428. The van der Waals surface area contributed by atoms with Crippen LogP contribution in [0.1, 0.15) is 38.3 Å². The lowest BCUT2D eigenvalue weighted by Gasteiger charge is -2.25. The molecule has 1 aromatic rings. The topological polar surface area (TPSA) is 93.6 Å². The molecule has 1 heterocycles. The smallest absolute Gasteiger partial charge is 0.317 e. The van der Waals surface area contributed by atoms with Gasteiger partial charge in [-0.1, -0.05) is 12.1 Å². The van der Waals surface area contributed by atoms with E-state index in [1.807, 2.05) is 0 Å². The maximum absolute atomic E-state index is 8.59. The second-order valence-corrected chi connectivity index (χ2v) is 4.71. The fourth-order valence-electron chi connectivity index (χ4n) is 2.09. The van der Waals surface area contributed by atoms with Crippen molar-refractivity contribution >= 4 is 5.84 Å². The molecule has 0 radical (unpaired) electrons. The van der Waals surface area contributed by atoms with Gasteiger partial charge >= 0.3 is 6.01 Å². The molecule has 0 aromatic carbocycles. The average molecular weight is 250 g/mol. The first-order valence-corrected chi connectivity index (χ1v) is 6.16. The standard InChI is InChI=1S/C12H18N4O2/c1-8-2-4-9(5-3-8)18-12-14-7-6-10(15-12)11(13)16-17/h6-9,17H,2-5H2,1H3,(H2,13,16). The molecule has 98 valence electrons. The summed E-state index contributed by atoms with van der Waals surface area (Å²) in [6, 6.07) is 1.86. The average Bonchev–Trinajstić information content (AvgIpc) is 2.41. The highest BCUT2D eigenvalue weighted by Crippen LogP contribution is 2.25. The van der Waals surface area contributed by atoms with Crippen LogP contribution in [0.4, 0.5) is 0 Å². The van der Waals surface area contributed by atoms with Gasteiger partial charge in [0, 0.05) is 6.20 Å². The lowest BCUT2D eigenvalue weighted by atomic mass is 9.89. The molecule has 6 heteroatoms. The van der Waals surface area contributed by atoms with Gasteiger partial charge in [-0.2, -0.15) is 4.98 Å². The number of ether oxygens (including phenoxy) is 1. The normalized spacial score (nSPS) is 24.8.